The fourth-order valence-corrected chi connectivity index (χ4v) is 4.71. The monoisotopic (exact) mass is 465 g/mol. The van der Waals surface area contributed by atoms with E-state index in [1.165, 1.54) is 36.6 Å². The summed E-state index contributed by atoms with van der Waals surface area (Å²) in [5, 5.41) is 12.7. The highest BCUT2D eigenvalue weighted by atomic mass is 32.2. The van der Waals surface area contributed by atoms with Gasteiger partial charge in [-0.25, -0.2) is 0 Å². The number of hydrogen-bond acceptors (Lipinski definition) is 6. The van der Waals surface area contributed by atoms with Crippen molar-refractivity contribution < 1.29 is 9.53 Å². The van der Waals surface area contributed by atoms with Crippen LogP contribution in [0.4, 0.5) is 5.69 Å². The largest absolute Gasteiger partial charge is 0.492 e. The zero-order valence-corrected chi connectivity index (χ0v) is 19.9. The second kappa shape index (κ2) is 11.9. The van der Waals surface area contributed by atoms with Gasteiger partial charge in [0.15, 0.2) is 5.16 Å². The number of amides is 1. The van der Waals surface area contributed by atoms with Gasteiger partial charge in [-0.3, -0.25) is 9.69 Å². The first kappa shape index (κ1) is 23.3. The maximum Gasteiger partial charge on any atom is 0.234 e. The molecule has 174 valence electrons. The van der Waals surface area contributed by atoms with Crippen molar-refractivity contribution in [3.8, 4) is 5.75 Å². The molecule has 1 N–H and O–H groups in total. The summed E-state index contributed by atoms with van der Waals surface area (Å²) >= 11 is 1.41. The normalized spacial score (nSPS) is 14.2. The number of aromatic nitrogens is 3. The van der Waals surface area contributed by atoms with E-state index in [0.717, 1.165) is 30.6 Å². The lowest BCUT2D eigenvalue weighted by atomic mass is 10.1. The van der Waals surface area contributed by atoms with Crippen molar-refractivity contribution in [2.24, 2.45) is 0 Å². The lowest BCUT2D eigenvalue weighted by Gasteiger charge is -2.26. The summed E-state index contributed by atoms with van der Waals surface area (Å²) in [5.41, 5.74) is 1.87. The Morgan fingerprint density at radius 3 is 2.55 bits per heavy atom. The molecule has 4 rings (SSSR count). The Morgan fingerprint density at radius 2 is 1.76 bits per heavy atom. The molecule has 0 atom stereocenters. The number of carbonyl (C=O) groups excluding carboxylic acids is 1. The predicted molar refractivity (Wildman–Crippen MR) is 132 cm³/mol. The number of carbonyl (C=O) groups is 1. The van der Waals surface area contributed by atoms with E-state index in [4.69, 9.17) is 4.74 Å². The second-order valence-electron chi connectivity index (χ2n) is 8.07. The minimum atomic E-state index is -0.0982. The second-order valence-corrected chi connectivity index (χ2v) is 9.02. The van der Waals surface area contributed by atoms with Gasteiger partial charge in [0.05, 0.1) is 31.1 Å². The molecule has 0 unspecified atom stereocenters. The number of likely N-dealkylation sites (tertiary alicyclic amines) is 1. The number of piperidine rings is 1. The van der Waals surface area contributed by atoms with Crippen LogP contribution in [0.1, 0.15) is 37.6 Å². The number of rotatable bonds is 10. The molecule has 3 aromatic rings. The molecule has 2 aromatic carbocycles. The molecule has 33 heavy (non-hydrogen) atoms. The summed E-state index contributed by atoms with van der Waals surface area (Å²) in [7, 11) is 0. The molecule has 8 heteroatoms. The first-order chi connectivity index (χ1) is 16.2. The number of para-hydroxylation sites is 2. The topological polar surface area (TPSA) is 72.3 Å². The van der Waals surface area contributed by atoms with E-state index >= 15 is 0 Å². The van der Waals surface area contributed by atoms with Crippen molar-refractivity contribution in [1.82, 2.24) is 19.7 Å². The van der Waals surface area contributed by atoms with Crippen molar-refractivity contribution in [3.63, 3.8) is 0 Å². The Kier molecular flexibility index (Phi) is 8.38. The van der Waals surface area contributed by atoms with Crippen LogP contribution < -0.4 is 10.1 Å². The number of benzene rings is 2. The van der Waals surface area contributed by atoms with E-state index in [-0.39, 0.29) is 11.7 Å². The van der Waals surface area contributed by atoms with E-state index in [0.29, 0.717) is 24.6 Å². The maximum atomic E-state index is 12.7. The molecular weight excluding hydrogens is 434 g/mol. The van der Waals surface area contributed by atoms with E-state index in [2.05, 4.69) is 37.1 Å². The Bertz CT molecular complexity index is 1030. The summed E-state index contributed by atoms with van der Waals surface area (Å²) in [5.74, 6) is 1.77. The van der Waals surface area contributed by atoms with E-state index in [1.54, 1.807) is 0 Å². The molecule has 0 aliphatic carbocycles. The lowest BCUT2D eigenvalue weighted by Crippen LogP contribution is -2.30. The zero-order valence-electron chi connectivity index (χ0n) is 19.1. The standard InChI is InChI=1S/C25H31N5O2S/c1-2-32-22-14-8-7-13-21(22)26-24(31)19-33-25-28-27-23(18-29-15-9-4-10-16-29)30(25)17-20-11-5-3-6-12-20/h3,5-8,11-14H,2,4,9-10,15-19H2,1H3,(H,26,31). The van der Waals surface area contributed by atoms with Crippen molar-refractivity contribution in [2.75, 3.05) is 30.8 Å². The molecule has 0 saturated carbocycles. The third kappa shape index (κ3) is 6.58. The minimum Gasteiger partial charge on any atom is -0.492 e. The van der Waals surface area contributed by atoms with Crippen LogP contribution in [0.5, 0.6) is 5.75 Å². The summed E-state index contributed by atoms with van der Waals surface area (Å²) in [6.07, 6.45) is 3.77. The van der Waals surface area contributed by atoms with Crippen LogP contribution in [-0.4, -0.2) is 51.0 Å². The Labute approximate surface area is 199 Å². The van der Waals surface area contributed by atoms with Gasteiger partial charge in [0, 0.05) is 0 Å². The fraction of sp³-hybridized carbons (Fsp3) is 0.400. The van der Waals surface area contributed by atoms with Crippen LogP contribution in [0.2, 0.25) is 0 Å². The average molecular weight is 466 g/mol. The molecular formula is C25H31N5O2S. The molecule has 1 amide bonds. The molecule has 1 fully saturated rings. The van der Waals surface area contributed by atoms with Gasteiger partial charge in [-0.1, -0.05) is 60.6 Å². The summed E-state index contributed by atoms with van der Waals surface area (Å²) < 4.78 is 7.76. The first-order valence-electron chi connectivity index (χ1n) is 11.6. The number of ether oxygens (including phenoxy) is 1. The number of hydrogen-bond donors (Lipinski definition) is 1. The van der Waals surface area contributed by atoms with Crippen molar-refractivity contribution >= 4 is 23.4 Å². The summed E-state index contributed by atoms with van der Waals surface area (Å²) in [4.78, 5) is 15.1. The van der Waals surface area contributed by atoms with Crippen molar-refractivity contribution in [1.29, 1.82) is 0 Å². The maximum absolute atomic E-state index is 12.7. The van der Waals surface area contributed by atoms with Gasteiger partial charge < -0.3 is 14.6 Å². The molecule has 1 saturated heterocycles. The quantitative estimate of drug-likeness (QED) is 0.446. The fourth-order valence-electron chi connectivity index (χ4n) is 3.95. The summed E-state index contributed by atoms with van der Waals surface area (Å²) in [6, 6.07) is 17.8. The molecule has 0 bridgehead atoms. The van der Waals surface area contributed by atoms with Crippen molar-refractivity contribution in [2.45, 2.75) is 44.4 Å². The molecule has 0 spiro atoms. The lowest BCUT2D eigenvalue weighted by molar-refractivity contribution is -0.113. The smallest absolute Gasteiger partial charge is 0.234 e. The Hall–Kier alpha value is -2.84. The van der Waals surface area contributed by atoms with Crippen molar-refractivity contribution in [3.05, 3.63) is 66.0 Å². The van der Waals surface area contributed by atoms with E-state index in [9.17, 15) is 4.79 Å². The molecule has 1 aliphatic rings. The molecule has 1 aromatic heterocycles. The van der Waals surface area contributed by atoms with Gasteiger partial charge in [-0.15, -0.1) is 10.2 Å². The van der Waals surface area contributed by atoms with Gasteiger partial charge in [0.25, 0.3) is 0 Å². The molecule has 7 nitrogen and oxygen atoms in total. The van der Waals surface area contributed by atoms with E-state index in [1.807, 2.05) is 49.4 Å². The number of nitrogens with one attached hydrogen (secondary N) is 1. The van der Waals surface area contributed by atoms with Gasteiger partial charge >= 0.3 is 0 Å². The highest BCUT2D eigenvalue weighted by molar-refractivity contribution is 7.99. The van der Waals surface area contributed by atoms with Gasteiger partial charge in [0.2, 0.25) is 5.91 Å². The number of anilines is 1. The van der Waals surface area contributed by atoms with Gasteiger partial charge in [0.1, 0.15) is 11.6 Å². The van der Waals surface area contributed by atoms with E-state index < -0.39 is 0 Å². The highest BCUT2D eigenvalue weighted by Gasteiger charge is 2.19. The molecule has 1 aliphatic heterocycles. The number of thioether (sulfide) groups is 1. The van der Waals surface area contributed by atoms with Gasteiger partial charge in [-0.2, -0.15) is 0 Å². The molecule has 2 heterocycles. The van der Waals surface area contributed by atoms with Crippen LogP contribution in [0.3, 0.4) is 0 Å². The average Bonchev–Trinajstić information content (AvgIpc) is 3.21. The third-order valence-corrected chi connectivity index (χ3v) is 6.55. The number of nitrogens with zero attached hydrogens (tertiary/aromatic N) is 4. The van der Waals surface area contributed by atoms with Crippen LogP contribution in [0.15, 0.2) is 59.8 Å². The summed E-state index contributed by atoms with van der Waals surface area (Å²) in [6.45, 7) is 6.15. The Balaban J connectivity index is 1.45. The Morgan fingerprint density at radius 1 is 1.00 bits per heavy atom. The third-order valence-electron chi connectivity index (χ3n) is 5.58. The first-order valence-corrected chi connectivity index (χ1v) is 12.5. The van der Waals surface area contributed by atoms with Gasteiger partial charge in [-0.05, 0) is 50.6 Å². The van der Waals surface area contributed by atoms with Crippen LogP contribution in [0.25, 0.3) is 0 Å². The minimum absolute atomic E-state index is 0.0982. The van der Waals surface area contributed by atoms with Crippen LogP contribution >= 0.6 is 11.8 Å². The van der Waals surface area contributed by atoms with Crippen LogP contribution in [0, 0.1) is 0 Å². The van der Waals surface area contributed by atoms with Crippen LogP contribution in [-0.2, 0) is 17.9 Å². The highest BCUT2D eigenvalue weighted by Crippen LogP contribution is 2.25. The predicted octanol–water partition coefficient (Wildman–Crippen LogP) is 4.44. The zero-order chi connectivity index (χ0) is 22.9. The SMILES string of the molecule is CCOc1ccccc1NC(=O)CSc1nnc(CN2CCCCC2)n1Cc1ccccc1. The molecule has 0 radical (unpaired) electrons.